The molecule has 1 unspecified atom stereocenters. The van der Waals surface area contributed by atoms with Crippen molar-refractivity contribution in [2.45, 2.75) is 52.1 Å². The maximum Gasteiger partial charge on any atom is 0.242 e. The molecule has 0 radical (unpaired) electrons. The summed E-state index contributed by atoms with van der Waals surface area (Å²) in [4.78, 5) is 11.9. The average Bonchev–Trinajstić information content (AvgIpc) is 2.35. The lowest BCUT2D eigenvalue weighted by molar-refractivity contribution is -0.125. The minimum atomic E-state index is -0.763. The van der Waals surface area contributed by atoms with Crippen molar-refractivity contribution in [3.63, 3.8) is 0 Å². The van der Waals surface area contributed by atoms with Gasteiger partial charge < -0.3 is 5.73 Å². The molecule has 3 nitrogen and oxygen atoms in total. The van der Waals surface area contributed by atoms with Gasteiger partial charge in [-0.05, 0) is 37.8 Å². The van der Waals surface area contributed by atoms with Crippen molar-refractivity contribution < 1.29 is 4.79 Å². The first-order valence-corrected chi connectivity index (χ1v) is 6.63. The molecule has 1 aromatic carbocycles. The number of benzene rings is 1. The fraction of sp³-hybridized carbons (Fsp3) is 0.533. The van der Waals surface area contributed by atoms with Crippen LogP contribution in [-0.2, 0) is 16.8 Å². The van der Waals surface area contributed by atoms with Gasteiger partial charge in [-0.1, -0.05) is 38.1 Å². The van der Waals surface area contributed by atoms with Crippen molar-refractivity contribution in [3.8, 4) is 0 Å². The van der Waals surface area contributed by atoms with E-state index >= 15 is 0 Å². The van der Waals surface area contributed by atoms with Gasteiger partial charge in [0.15, 0.2) is 0 Å². The summed E-state index contributed by atoms with van der Waals surface area (Å²) in [6, 6.07) is 8.32. The van der Waals surface area contributed by atoms with E-state index in [9.17, 15) is 4.79 Å². The number of nitrogens with one attached hydrogen (secondary N) is 1. The van der Waals surface area contributed by atoms with Gasteiger partial charge in [0.1, 0.15) is 5.54 Å². The highest BCUT2D eigenvalue weighted by Crippen LogP contribution is 2.26. The molecule has 0 bridgehead atoms. The second-order valence-electron chi connectivity index (χ2n) is 4.97. The standard InChI is InChI=1S/C15H24N2O/c1-5-12-7-9-13(10-8-12)15(6-2,14(16)18)17-11(3)4/h7-11,17H,5-6H2,1-4H3,(H2,16,18). The number of hydrogen-bond acceptors (Lipinski definition) is 2. The molecule has 1 atom stereocenters. The van der Waals surface area contributed by atoms with Crippen molar-refractivity contribution in [2.75, 3.05) is 0 Å². The first-order valence-electron chi connectivity index (χ1n) is 6.63. The summed E-state index contributed by atoms with van der Waals surface area (Å²) in [5.74, 6) is -0.317. The van der Waals surface area contributed by atoms with Gasteiger partial charge in [-0.3, -0.25) is 10.1 Å². The van der Waals surface area contributed by atoms with Gasteiger partial charge in [-0.15, -0.1) is 0 Å². The molecule has 1 rings (SSSR count). The summed E-state index contributed by atoms with van der Waals surface area (Å²) in [7, 11) is 0. The van der Waals surface area contributed by atoms with Gasteiger partial charge in [-0.25, -0.2) is 0 Å². The highest BCUT2D eigenvalue weighted by molar-refractivity contribution is 5.86. The first-order chi connectivity index (χ1) is 8.46. The summed E-state index contributed by atoms with van der Waals surface area (Å²) in [5, 5.41) is 3.32. The minimum Gasteiger partial charge on any atom is -0.368 e. The van der Waals surface area contributed by atoms with Crippen LogP contribution >= 0.6 is 0 Å². The molecule has 0 aliphatic heterocycles. The van der Waals surface area contributed by atoms with E-state index < -0.39 is 5.54 Å². The zero-order valence-electron chi connectivity index (χ0n) is 11.8. The van der Waals surface area contributed by atoms with Gasteiger partial charge in [0.05, 0.1) is 0 Å². The maximum atomic E-state index is 11.9. The first kappa shape index (κ1) is 14.7. The third-order valence-electron chi connectivity index (χ3n) is 3.34. The predicted octanol–water partition coefficient (Wildman–Crippen LogP) is 2.34. The minimum absolute atomic E-state index is 0.198. The Labute approximate surface area is 110 Å². The van der Waals surface area contributed by atoms with E-state index in [1.807, 2.05) is 32.9 Å². The van der Waals surface area contributed by atoms with E-state index in [4.69, 9.17) is 5.73 Å². The van der Waals surface area contributed by atoms with Gasteiger partial charge in [0, 0.05) is 6.04 Å². The van der Waals surface area contributed by atoms with Crippen molar-refractivity contribution in [1.29, 1.82) is 0 Å². The normalized spacial score (nSPS) is 14.5. The van der Waals surface area contributed by atoms with E-state index in [1.165, 1.54) is 5.56 Å². The number of carbonyl (C=O) groups excluding carboxylic acids is 1. The zero-order chi connectivity index (χ0) is 13.8. The molecule has 0 saturated carbocycles. The largest absolute Gasteiger partial charge is 0.368 e. The Morgan fingerprint density at radius 2 is 1.83 bits per heavy atom. The molecule has 0 aliphatic rings. The van der Waals surface area contributed by atoms with E-state index in [0.717, 1.165) is 12.0 Å². The quantitative estimate of drug-likeness (QED) is 0.812. The molecule has 0 spiro atoms. The Bertz CT molecular complexity index is 397. The van der Waals surface area contributed by atoms with Gasteiger partial charge in [0.2, 0.25) is 5.91 Å². The van der Waals surface area contributed by atoms with Gasteiger partial charge in [0.25, 0.3) is 0 Å². The molecule has 0 aromatic heterocycles. The Morgan fingerprint density at radius 3 is 2.17 bits per heavy atom. The SMILES string of the molecule is CCc1ccc(C(CC)(NC(C)C)C(N)=O)cc1. The molecular weight excluding hydrogens is 224 g/mol. The molecule has 100 valence electrons. The van der Waals surface area contributed by atoms with Crippen molar-refractivity contribution in [2.24, 2.45) is 5.73 Å². The summed E-state index contributed by atoms with van der Waals surface area (Å²) in [6.07, 6.45) is 1.64. The molecule has 0 aliphatic carbocycles. The highest BCUT2D eigenvalue weighted by Gasteiger charge is 2.36. The molecule has 0 heterocycles. The van der Waals surface area contributed by atoms with Crippen LogP contribution in [0.3, 0.4) is 0 Å². The Morgan fingerprint density at radius 1 is 1.28 bits per heavy atom. The number of amides is 1. The summed E-state index contributed by atoms with van der Waals surface area (Å²) in [6.45, 7) is 8.14. The van der Waals surface area contributed by atoms with Crippen molar-refractivity contribution >= 4 is 5.91 Å². The molecule has 3 N–H and O–H groups in total. The van der Waals surface area contributed by atoms with Gasteiger partial charge in [-0.2, -0.15) is 0 Å². The second kappa shape index (κ2) is 6.01. The number of hydrogen-bond donors (Lipinski definition) is 2. The zero-order valence-corrected chi connectivity index (χ0v) is 11.8. The molecule has 3 heteroatoms. The number of primary amides is 1. The lowest BCUT2D eigenvalue weighted by Gasteiger charge is -2.33. The van der Waals surface area contributed by atoms with E-state index in [2.05, 4.69) is 24.4 Å². The van der Waals surface area contributed by atoms with Crippen molar-refractivity contribution in [3.05, 3.63) is 35.4 Å². The molecule has 0 fully saturated rings. The van der Waals surface area contributed by atoms with Crippen LogP contribution in [0.15, 0.2) is 24.3 Å². The van der Waals surface area contributed by atoms with Crippen LogP contribution in [0.4, 0.5) is 0 Å². The molecule has 18 heavy (non-hydrogen) atoms. The predicted molar refractivity (Wildman–Crippen MR) is 75.3 cm³/mol. The van der Waals surface area contributed by atoms with Crippen LogP contribution in [-0.4, -0.2) is 11.9 Å². The topological polar surface area (TPSA) is 55.1 Å². The third-order valence-corrected chi connectivity index (χ3v) is 3.34. The number of nitrogens with two attached hydrogens (primary N) is 1. The van der Waals surface area contributed by atoms with Crippen LogP contribution < -0.4 is 11.1 Å². The second-order valence-corrected chi connectivity index (χ2v) is 4.97. The third kappa shape index (κ3) is 2.91. The lowest BCUT2D eigenvalue weighted by Crippen LogP contribution is -2.54. The highest BCUT2D eigenvalue weighted by atomic mass is 16.1. The van der Waals surface area contributed by atoms with E-state index in [0.29, 0.717) is 6.42 Å². The van der Waals surface area contributed by atoms with E-state index in [-0.39, 0.29) is 11.9 Å². The number of rotatable bonds is 6. The van der Waals surface area contributed by atoms with Crippen LogP contribution in [0, 0.1) is 0 Å². The van der Waals surface area contributed by atoms with Crippen LogP contribution in [0.2, 0.25) is 0 Å². The Kier molecular flexibility index (Phi) is 4.91. The van der Waals surface area contributed by atoms with E-state index in [1.54, 1.807) is 0 Å². The lowest BCUT2D eigenvalue weighted by atomic mass is 9.85. The fourth-order valence-electron chi connectivity index (χ4n) is 2.29. The monoisotopic (exact) mass is 248 g/mol. The Hall–Kier alpha value is -1.35. The smallest absolute Gasteiger partial charge is 0.242 e. The number of aryl methyl sites for hydroxylation is 1. The summed E-state index contributed by atoms with van der Waals surface area (Å²) < 4.78 is 0. The average molecular weight is 248 g/mol. The van der Waals surface area contributed by atoms with Crippen LogP contribution in [0.1, 0.15) is 45.2 Å². The Balaban J connectivity index is 3.19. The molecular formula is C15H24N2O. The molecule has 1 aromatic rings. The summed E-state index contributed by atoms with van der Waals surface area (Å²) >= 11 is 0. The molecule has 0 saturated heterocycles. The van der Waals surface area contributed by atoms with Crippen LogP contribution in [0.25, 0.3) is 0 Å². The van der Waals surface area contributed by atoms with Crippen LogP contribution in [0.5, 0.6) is 0 Å². The fourth-order valence-corrected chi connectivity index (χ4v) is 2.29. The number of carbonyl (C=O) groups is 1. The maximum absolute atomic E-state index is 11.9. The molecule has 1 amide bonds. The van der Waals surface area contributed by atoms with Crippen molar-refractivity contribution in [1.82, 2.24) is 5.32 Å². The summed E-state index contributed by atoms with van der Waals surface area (Å²) in [5.41, 5.74) is 7.08. The van der Waals surface area contributed by atoms with Gasteiger partial charge >= 0.3 is 0 Å².